The highest BCUT2D eigenvalue weighted by atomic mass is 35.5. The summed E-state index contributed by atoms with van der Waals surface area (Å²) in [5.74, 6) is 1.64. The number of methoxy groups -OCH3 is 1. The van der Waals surface area contributed by atoms with Crippen molar-refractivity contribution in [2.45, 2.75) is 17.6 Å². The molecule has 0 N–H and O–H groups in total. The second kappa shape index (κ2) is 5.67. The van der Waals surface area contributed by atoms with Gasteiger partial charge in [-0.05, 0) is 30.7 Å². The van der Waals surface area contributed by atoms with Crippen molar-refractivity contribution < 1.29 is 4.74 Å². The largest absolute Gasteiger partial charge is 0.497 e. The van der Waals surface area contributed by atoms with Crippen molar-refractivity contribution in [2.75, 3.05) is 7.11 Å². The second-order valence-electron chi connectivity index (χ2n) is 4.07. The van der Waals surface area contributed by atoms with Gasteiger partial charge in [-0.1, -0.05) is 11.6 Å². The fraction of sp³-hybridized carbons (Fsp3) is 0.308. The third-order valence-corrected chi connectivity index (χ3v) is 3.79. The van der Waals surface area contributed by atoms with Gasteiger partial charge in [-0.2, -0.15) is 5.10 Å². The van der Waals surface area contributed by atoms with Crippen molar-refractivity contribution in [3.8, 4) is 5.75 Å². The maximum atomic E-state index is 6.08. The topological polar surface area (TPSA) is 27.1 Å². The Balaban J connectivity index is 2.10. The van der Waals surface area contributed by atoms with E-state index in [1.807, 2.05) is 25.4 Å². The van der Waals surface area contributed by atoms with E-state index in [0.717, 1.165) is 22.1 Å². The van der Waals surface area contributed by atoms with Gasteiger partial charge in [0.1, 0.15) is 5.75 Å². The molecule has 2 aromatic rings. The molecule has 3 nitrogen and oxygen atoms in total. The molecule has 0 saturated carbocycles. The average molecular weight is 283 g/mol. The number of benzene rings is 1. The fourth-order valence-electron chi connectivity index (χ4n) is 1.67. The molecule has 96 valence electrons. The van der Waals surface area contributed by atoms with Crippen LogP contribution in [0.5, 0.6) is 5.75 Å². The van der Waals surface area contributed by atoms with Crippen molar-refractivity contribution in [3.63, 3.8) is 0 Å². The molecule has 0 aliphatic carbocycles. The van der Waals surface area contributed by atoms with E-state index in [9.17, 15) is 0 Å². The normalized spacial score (nSPS) is 10.7. The Kier molecular flexibility index (Phi) is 4.19. The van der Waals surface area contributed by atoms with Crippen LogP contribution >= 0.6 is 23.4 Å². The van der Waals surface area contributed by atoms with Gasteiger partial charge in [0, 0.05) is 23.9 Å². The maximum Gasteiger partial charge on any atom is 0.120 e. The molecule has 0 aliphatic rings. The fourth-order valence-corrected chi connectivity index (χ4v) is 2.98. The van der Waals surface area contributed by atoms with Crippen LogP contribution in [0.2, 0.25) is 5.02 Å². The predicted octanol–water partition coefficient (Wildman–Crippen LogP) is 3.68. The van der Waals surface area contributed by atoms with Gasteiger partial charge < -0.3 is 4.74 Å². The van der Waals surface area contributed by atoms with Crippen molar-refractivity contribution in [1.29, 1.82) is 0 Å². The van der Waals surface area contributed by atoms with Crippen LogP contribution in [0.25, 0.3) is 0 Å². The number of rotatable bonds is 4. The summed E-state index contributed by atoms with van der Waals surface area (Å²) in [5, 5.41) is 5.04. The van der Waals surface area contributed by atoms with Crippen LogP contribution in [0.1, 0.15) is 11.3 Å². The third kappa shape index (κ3) is 3.21. The Morgan fingerprint density at radius 3 is 2.78 bits per heavy atom. The molecule has 0 atom stereocenters. The van der Waals surface area contributed by atoms with E-state index in [4.69, 9.17) is 16.3 Å². The zero-order chi connectivity index (χ0) is 13.1. The van der Waals surface area contributed by atoms with Gasteiger partial charge in [0.2, 0.25) is 0 Å². The first-order chi connectivity index (χ1) is 8.58. The summed E-state index contributed by atoms with van der Waals surface area (Å²) in [6, 6.07) is 6.16. The number of ether oxygens (including phenoxy) is 1. The summed E-state index contributed by atoms with van der Waals surface area (Å²) < 4.78 is 6.99. The number of thioether (sulfide) groups is 1. The van der Waals surface area contributed by atoms with Crippen LogP contribution in [0.4, 0.5) is 0 Å². The summed E-state index contributed by atoms with van der Waals surface area (Å²) in [7, 11) is 3.55. The zero-order valence-electron chi connectivity index (χ0n) is 10.6. The molecule has 0 spiro atoms. The Bertz CT molecular complexity index is 554. The number of halogens is 1. The van der Waals surface area contributed by atoms with Crippen molar-refractivity contribution in [1.82, 2.24) is 9.78 Å². The quantitative estimate of drug-likeness (QED) is 0.801. The SMILES string of the molecule is COc1cc(C)cc(SCc2nn(C)cc2Cl)c1. The molecule has 0 amide bonds. The Hall–Kier alpha value is -1.13. The Labute approximate surface area is 116 Å². The first-order valence-corrected chi connectivity index (χ1v) is 6.91. The van der Waals surface area contributed by atoms with E-state index in [-0.39, 0.29) is 0 Å². The van der Waals surface area contributed by atoms with Gasteiger partial charge >= 0.3 is 0 Å². The number of hydrogen-bond donors (Lipinski definition) is 0. The molecule has 0 bridgehead atoms. The van der Waals surface area contributed by atoms with Crippen LogP contribution in [0.15, 0.2) is 29.3 Å². The number of aromatic nitrogens is 2. The molecule has 0 radical (unpaired) electrons. The molecule has 2 rings (SSSR count). The lowest BCUT2D eigenvalue weighted by Crippen LogP contribution is -1.90. The molecule has 1 aromatic carbocycles. The molecule has 0 saturated heterocycles. The monoisotopic (exact) mass is 282 g/mol. The number of hydrogen-bond acceptors (Lipinski definition) is 3. The highest BCUT2D eigenvalue weighted by molar-refractivity contribution is 7.98. The molecule has 18 heavy (non-hydrogen) atoms. The molecule has 0 aliphatic heterocycles. The van der Waals surface area contributed by atoms with Crippen LogP contribution in [0, 0.1) is 6.92 Å². The minimum atomic E-state index is 0.713. The van der Waals surface area contributed by atoms with E-state index in [1.165, 1.54) is 5.56 Å². The van der Waals surface area contributed by atoms with Crippen LogP contribution in [-0.2, 0) is 12.8 Å². The second-order valence-corrected chi connectivity index (χ2v) is 5.53. The Morgan fingerprint density at radius 1 is 1.39 bits per heavy atom. The predicted molar refractivity (Wildman–Crippen MR) is 75.5 cm³/mol. The lowest BCUT2D eigenvalue weighted by atomic mass is 10.2. The summed E-state index contributed by atoms with van der Waals surface area (Å²) in [6.45, 7) is 2.06. The third-order valence-electron chi connectivity index (χ3n) is 2.49. The van der Waals surface area contributed by atoms with Crippen LogP contribution in [0.3, 0.4) is 0 Å². The minimum Gasteiger partial charge on any atom is -0.497 e. The first-order valence-electron chi connectivity index (χ1n) is 5.55. The zero-order valence-corrected chi connectivity index (χ0v) is 12.2. The molecule has 0 unspecified atom stereocenters. The minimum absolute atomic E-state index is 0.713. The van der Waals surface area contributed by atoms with Crippen LogP contribution < -0.4 is 4.74 Å². The molecule has 0 fully saturated rings. The van der Waals surface area contributed by atoms with Crippen molar-refractivity contribution >= 4 is 23.4 Å². The smallest absolute Gasteiger partial charge is 0.120 e. The van der Waals surface area contributed by atoms with Gasteiger partial charge in [-0.3, -0.25) is 4.68 Å². The molecular formula is C13H15ClN2OS. The van der Waals surface area contributed by atoms with Gasteiger partial charge in [-0.25, -0.2) is 0 Å². The average Bonchev–Trinajstić information content (AvgIpc) is 2.64. The molecule has 5 heteroatoms. The van der Waals surface area contributed by atoms with E-state index in [0.29, 0.717) is 5.02 Å². The standard InChI is InChI=1S/C13H15ClN2OS/c1-9-4-10(17-3)6-11(5-9)18-8-13-12(14)7-16(2)15-13/h4-7H,8H2,1-3H3. The number of nitrogens with zero attached hydrogens (tertiary/aromatic N) is 2. The maximum absolute atomic E-state index is 6.08. The van der Waals surface area contributed by atoms with Gasteiger partial charge in [0.05, 0.1) is 17.8 Å². The van der Waals surface area contributed by atoms with E-state index >= 15 is 0 Å². The van der Waals surface area contributed by atoms with E-state index in [2.05, 4.69) is 18.1 Å². The van der Waals surface area contributed by atoms with Gasteiger partial charge in [-0.15, -0.1) is 11.8 Å². The first kappa shape index (κ1) is 13.3. The highest BCUT2D eigenvalue weighted by Crippen LogP contribution is 2.29. The summed E-state index contributed by atoms with van der Waals surface area (Å²) in [5.41, 5.74) is 2.09. The van der Waals surface area contributed by atoms with E-state index < -0.39 is 0 Å². The van der Waals surface area contributed by atoms with Crippen molar-refractivity contribution in [3.05, 3.63) is 40.7 Å². The van der Waals surface area contributed by atoms with Gasteiger partial charge in [0.25, 0.3) is 0 Å². The lowest BCUT2D eigenvalue weighted by molar-refractivity contribution is 0.413. The lowest BCUT2D eigenvalue weighted by Gasteiger charge is -2.05. The van der Waals surface area contributed by atoms with Crippen LogP contribution in [-0.4, -0.2) is 16.9 Å². The number of aryl methyl sites for hydroxylation is 2. The Morgan fingerprint density at radius 2 is 2.17 bits per heavy atom. The van der Waals surface area contributed by atoms with Crippen molar-refractivity contribution in [2.24, 2.45) is 7.05 Å². The molecule has 1 aromatic heterocycles. The summed E-state index contributed by atoms with van der Waals surface area (Å²) in [6.07, 6.45) is 1.81. The molecular weight excluding hydrogens is 268 g/mol. The van der Waals surface area contributed by atoms with Gasteiger partial charge in [0.15, 0.2) is 0 Å². The molecule has 1 heterocycles. The van der Waals surface area contributed by atoms with E-state index in [1.54, 1.807) is 23.6 Å². The highest BCUT2D eigenvalue weighted by Gasteiger charge is 2.07. The summed E-state index contributed by atoms with van der Waals surface area (Å²) >= 11 is 7.78. The summed E-state index contributed by atoms with van der Waals surface area (Å²) in [4.78, 5) is 1.16.